The summed E-state index contributed by atoms with van der Waals surface area (Å²) in [6.07, 6.45) is 7.46. The number of aliphatic hydroxyl groups excluding tert-OH is 2. The van der Waals surface area contributed by atoms with Crippen LogP contribution in [0, 0.1) is 50.7 Å². The van der Waals surface area contributed by atoms with E-state index in [4.69, 9.17) is 9.47 Å². The fraction of sp³-hybridized carbons (Fsp3) is 1.00. The lowest BCUT2D eigenvalue weighted by Crippen LogP contribution is -2.59. The third kappa shape index (κ3) is 2.81. The minimum absolute atomic E-state index is 0.0201. The van der Waals surface area contributed by atoms with Crippen LogP contribution >= 0.6 is 0 Å². The first-order chi connectivity index (χ1) is 16.6. The molecule has 36 heavy (non-hydrogen) atoms. The Kier molecular flexibility index (Phi) is 5.43. The molecule has 13 atom stereocenters. The highest BCUT2D eigenvalue weighted by molar-refractivity contribution is 5.32. The lowest BCUT2D eigenvalue weighted by molar-refractivity contribution is -0.209. The van der Waals surface area contributed by atoms with E-state index in [0.717, 1.165) is 32.1 Å². The van der Waals surface area contributed by atoms with Crippen LogP contribution in [0.3, 0.4) is 0 Å². The molecular weight excluding hydrogens is 452 g/mol. The lowest BCUT2D eigenvalue weighted by Gasteiger charge is -2.63. The van der Waals surface area contributed by atoms with Gasteiger partial charge in [-0.25, -0.2) is 0 Å². The monoisotopic (exact) mass is 504 g/mol. The summed E-state index contributed by atoms with van der Waals surface area (Å²) in [5.41, 5.74) is -0.496. The third-order valence-corrected chi connectivity index (χ3v) is 14.1. The molecule has 2 spiro atoms. The molecule has 6 aliphatic rings. The molecular formula is C31H52O5. The van der Waals surface area contributed by atoms with Gasteiger partial charge in [0, 0.05) is 12.5 Å². The van der Waals surface area contributed by atoms with Gasteiger partial charge in [0.25, 0.3) is 0 Å². The van der Waals surface area contributed by atoms with Crippen molar-refractivity contribution in [2.75, 3.05) is 7.11 Å². The van der Waals surface area contributed by atoms with Crippen LogP contribution in [0.1, 0.15) is 99.8 Å². The largest absolute Gasteiger partial charge is 0.393 e. The number of ether oxygens (including phenoxy) is 2. The first kappa shape index (κ1) is 26.0. The molecule has 5 heteroatoms. The summed E-state index contributed by atoms with van der Waals surface area (Å²) < 4.78 is 12.6. The molecule has 1 heterocycles. The highest BCUT2D eigenvalue weighted by Gasteiger charge is 2.84. The van der Waals surface area contributed by atoms with Gasteiger partial charge in [-0.15, -0.1) is 0 Å². The number of fused-ring (bicyclic) bond motifs is 4. The number of aliphatic hydroxyl groups is 3. The van der Waals surface area contributed by atoms with E-state index in [1.54, 1.807) is 21.0 Å². The normalized spacial score (nSPS) is 58.1. The molecule has 6 rings (SSSR count). The molecule has 0 bridgehead atoms. The summed E-state index contributed by atoms with van der Waals surface area (Å²) in [7, 11) is 1.66. The van der Waals surface area contributed by atoms with Crippen molar-refractivity contribution < 1.29 is 24.8 Å². The molecule has 5 nitrogen and oxygen atoms in total. The number of hydrogen-bond acceptors (Lipinski definition) is 5. The van der Waals surface area contributed by atoms with Crippen LogP contribution in [0.5, 0.6) is 0 Å². The molecule has 0 amide bonds. The zero-order chi connectivity index (χ0) is 26.3. The van der Waals surface area contributed by atoms with Crippen molar-refractivity contribution in [2.45, 2.75) is 136 Å². The first-order valence-electron chi connectivity index (χ1n) is 14.9. The summed E-state index contributed by atoms with van der Waals surface area (Å²) >= 11 is 0. The SMILES string of the molecule is CO[C@@H](C1C[C@@H](C)[C@H]2C(O1)[C@H](O)[C@@]1(C)C3CC[C@H]4C(C)(C)C(O)CC[C@@]45C[C@@]35CC[C@]21C)C(C)(C)O. The minimum atomic E-state index is -1.00. The third-order valence-electron chi connectivity index (χ3n) is 14.1. The minimum Gasteiger partial charge on any atom is -0.393 e. The van der Waals surface area contributed by atoms with Gasteiger partial charge in [0.05, 0.1) is 30.0 Å². The number of methoxy groups -OCH3 is 1. The van der Waals surface area contributed by atoms with Crippen molar-refractivity contribution in [1.29, 1.82) is 0 Å². The van der Waals surface area contributed by atoms with Gasteiger partial charge in [0.2, 0.25) is 0 Å². The average Bonchev–Trinajstić information content (AvgIpc) is 3.41. The molecule has 0 aromatic rings. The molecule has 206 valence electrons. The maximum atomic E-state index is 12.3. The van der Waals surface area contributed by atoms with E-state index in [9.17, 15) is 15.3 Å². The van der Waals surface area contributed by atoms with Crippen LogP contribution in [0.2, 0.25) is 0 Å². The second-order valence-electron chi connectivity index (χ2n) is 15.9. The first-order valence-corrected chi connectivity index (χ1v) is 14.9. The Morgan fingerprint density at radius 1 is 0.944 bits per heavy atom. The van der Waals surface area contributed by atoms with Crippen LogP contribution in [0.15, 0.2) is 0 Å². The van der Waals surface area contributed by atoms with Crippen molar-refractivity contribution in [1.82, 2.24) is 0 Å². The second kappa shape index (κ2) is 7.50. The van der Waals surface area contributed by atoms with Gasteiger partial charge >= 0.3 is 0 Å². The van der Waals surface area contributed by atoms with Gasteiger partial charge in [-0.3, -0.25) is 0 Å². The summed E-state index contributed by atoms with van der Waals surface area (Å²) in [6, 6.07) is 0. The zero-order valence-electron chi connectivity index (χ0n) is 24.0. The van der Waals surface area contributed by atoms with Crippen molar-refractivity contribution >= 4 is 0 Å². The molecule has 1 aliphatic heterocycles. The number of rotatable bonds is 3. The molecule has 6 fully saturated rings. The Morgan fingerprint density at radius 2 is 1.58 bits per heavy atom. The zero-order valence-corrected chi connectivity index (χ0v) is 24.0. The van der Waals surface area contributed by atoms with E-state index in [2.05, 4.69) is 34.6 Å². The van der Waals surface area contributed by atoms with E-state index >= 15 is 0 Å². The van der Waals surface area contributed by atoms with E-state index in [1.807, 2.05) is 0 Å². The van der Waals surface area contributed by atoms with Crippen LogP contribution in [-0.2, 0) is 9.47 Å². The molecule has 5 aliphatic carbocycles. The molecule has 5 saturated carbocycles. The van der Waals surface area contributed by atoms with Crippen molar-refractivity contribution in [3.63, 3.8) is 0 Å². The Morgan fingerprint density at radius 3 is 2.22 bits per heavy atom. The maximum absolute atomic E-state index is 12.3. The molecule has 0 aromatic heterocycles. The summed E-state index contributed by atoms with van der Waals surface area (Å²) in [4.78, 5) is 0. The lowest BCUT2D eigenvalue weighted by atomic mass is 9.41. The van der Waals surface area contributed by atoms with Crippen LogP contribution in [0.4, 0.5) is 0 Å². The Labute approximate surface area is 218 Å². The van der Waals surface area contributed by atoms with Crippen LogP contribution < -0.4 is 0 Å². The highest BCUT2D eigenvalue weighted by atomic mass is 16.6. The van der Waals surface area contributed by atoms with E-state index in [0.29, 0.717) is 34.5 Å². The van der Waals surface area contributed by atoms with Crippen molar-refractivity contribution in [2.24, 2.45) is 50.7 Å². The van der Waals surface area contributed by atoms with Gasteiger partial charge in [-0.2, -0.15) is 0 Å². The van der Waals surface area contributed by atoms with Crippen LogP contribution in [-0.4, -0.2) is 58.6 Å². The Hall–Kier alpha value is -0.200. The van der Waals surface area contributed by atoms with E-state index in [1.165, 1.54) is 19.3 Å². The predicted molar refractivity (Wildman–Crippen MR) is 139 cm³/mol. The van der Waals surface area contributed by atoms with E-state index in [-0.39, 0.29) is 34.6 Å². The second-order valence-corrected chi connectivity index (χ2v) is 15.9. The quantitative estimate of drug-likeness (QED) is 0.507. The van der Waals surface area contributed by atoms with Gasteiger partial charge in [-0.05, 0) is 111 Å². The van der Waals surface area contributed by atoms with Gasteiger partial charge in [0.15, 0.2) is 0 Å². The molecule has 3 N–H and O–H groups in total. The fourth-order valence-electron chi connectivity index (χ4n) is 12.4. The predicted octanol–water partition coefficient (Wildman–Crippen LogP) is 4.95. The highest BCUT2D eigenvalue weighted by Crippen LogP contribution is 2.89. The smallest absolute Gasteiger partial charge is 0.111 e. The molecule has 0 radical (unpaired) electrons. The van der Waals surface area contributed by atoms with Crippen LogP contribution in [0.25, 0.3) is 0 Å². The Bertz CT molecular complexity index is 911. The molecule has 0 aromatic carbocycles. The van der Waals surface area contributed by atoms with Crippen molar-refractivity contribution in [3.05, 3.63) is 0 Å². The van der Waals surface area contributed by atoms with Gasteiger partial charge in [0.1, 0.15) is 6.10 Å². The molecule has 1 saturated heterocycles. The number of hydrogen-bond donors (Lipinski definition) is 3. The Balaban J connectivity index is 1.36. The van der Waals surface area contributed by atoms with Crippen molar-refractivity contribution in [3.8, 4) is 0 Å². The van der Waals surface area contributed by atoms with Gasteiger partial charge < -0.3 is 24.8 Å². The standard InChI is InChI=1S/C31H52O5/c1-17-15-18(25(35-8)27(4,5)34)36-23-22(17)28(6)13-14-31-16-30(31)12-11-21(32)26(2,3)19(30)9-10-20(31)29(28,7)24(23)33/h17-25,32-34H,9-16H2,1-8H3/t17-,18?,19+,20?,21?,22+,23?,24+,25+,28-,29-,30-,31+/m1/s1. The molecule has 4 unspecified atom stereocenters. The maximum Gasteiger partial charge on any atom is 0.111 e. The average molecular weight is 505 g/mol. The summed E-state index contributed by atoms with van der Waals surface area (Å²) in [6.45, 7) is 15.5. The summed E-state index contributed by atoms with van der Waals surface area (Å²) in [5.74, 6) is 1.82. The van der Waals surface area contributed by atoms with Gasteiger partial charge in [-0.1, -0.05) is 34.6 Å². The van der Waals surface area contributed by atoms with E-state index < -0.39 is 17.8 Å². The summed E-state index contributed by atoms with van der Waals surface area (Å²) in [5, 5.41) is 34.0. The topological polar surface area (TPSA) is 79.2 Å². The fourth-order valence-corrected chi connectivity index (χ4v) is 12.4.